The van der Waals surface area contributed by atoms with Crippen LogP contribution in [0.4, 0.5) is 0 Å². The van der Waals surface area contributed by atoms with Gasteiger partial charge in [0.25, 0.3) is 0 Å². The van der Waals surface area contributed by atoms with Crippen molar-refractivity contribution >= 4 is 5.78 Å². The summed E-state index contributed by atoms with van der Waals surface area (Å²) in [6, 6.07) is 0.506. The Kier molecular flexibility index (Phi) is 4.33. The number of Topliss-reactive ketones (excluding diaryl/α,β-unsaturated/α-hetero) is 1. The summed E-state index contributed by atoms with van der Waals surface area (Å²) in [7, 11) is 0. The van der Waals surface area contributed by atoms with Crippen LogP contribution in [0.15, 0.2) is 12.2 Å². The van der Waals surface area contributed by atoms with E-state index < -0.39 is 0 Å². The highest BCUT2D eigenvalue weighted by molar-refractivity contribution is 5.76. The molecule has 1 heterocycles. The minimum Gasteiger partial charge on any atom is -0.300 e. The first-order valence-electron chi connectivity index (χ1n) is 5.47. The molecule has 0 aromatic carbocycles. The van der Waals surface area contributed by atoms with Gasteiger partial charge in [-0.15, -0.1) is 6.58 Å². The Morgan fingerprint density at radius 1 is 1.50 bits per heavy atom. The quantitative estimate of drug-likeness (QED) is 0.628. The maximum Gasteiger partial charge on any atom is 0.131 e. The Morgan fingerprint density at radius 3 is 2.79 bits per heavy atom. The van der Waals surface area contributed by atoms with Crippen LogP contribution in [0.5, 0.6) is 0 Å². The van der Waals surface area contributed by atoms with Crippen LogP contribution in [0.3, 0.4) is 0 Å². The summed E-state index contributed by atoms with van der Waals surface area (Å²) in [4.78, 5) is 13.5. The average Bonchev–Trinajstić information content (AvgIpc) is 2.47. The van der Waals surface area contributed by atoms with Gasteiger partial charge >= 0.3 is 0 Å². The maximum atomic E-state index is 11.0. The monoisotopic (exact) mass is 195 g/mol. The van der Waals surface area contributed by atoms with E-state index in [-0.39, 0.29) is 0 Å². The largest absolute Gasteiger partial charge is 0.300 e. The van der Waals surface area contributed by atoms with Gasteiger partial charge in [-0.05, 0) is 39.7 Å². The zero-order valence-corrected chi connectivity index (χ0v) is 9.38. The highest BCUT2D eigenvalue weighted by Gasteiger charge is 2.24. The van der Waals surface area contributed by atoms with Gasteiger partial charge in [0, 0.05) is 19.0 Å². The molecule has 0 amide bonds. The van der Waals surface area contributed by atoms with Gasteiger partial charge in [-0.2, -0.15) is 0 Å². The molecular formula is C12H21NO. The van der Waals surface area contributed by atoms with E-state index in [0.717, 1.165) is 25.9 Å². The first-order valence-corrected chi connectivity index (χ1v) is 5.47. The molecule has 1 saturated heterocycles. The molecule has 1 aliphatic rings. The molecule has 0 aliphatic carbocycles. The third-order valence-electron chi connectivity index (χ3n) is 2.85. The van der Waals surface area contributed by atoms with E-state index in [2.05, 4.69) is 18.4 Å². The Morgan fingerprint density at radius 2 is 2.21 bits per heavy atom. The second-order valence-corrected chi connectivity index (χ2v) is 4.45. The summed E-state index contributed by atoms with van der Waals surface area (Å²) < 4.78 is 0. The van der Waals surface area contributed by atoms with Crippen LogP contribution >= 0.6 is 0 Å². The molecule has 0 saturated carbocycles. The smallest absolute Gasteiger partial charge is 0.131 e. The SMILES string of the molecule is C=C(C)CCN1CCCC1CC(C)=O. The fraction of sp³-hybridized carbons (Fsp3) is 0.750. The molecule has 0 N–H and O–H groups in total. The summed E-state index contributed by atoms with van der Waals surface area (Å²) in [6.07, 6.45) is 4.23. The predicted octanol–water partition coefficient (Wildman–Crippen LogP) is 2.40. The second kappa shape index (κ2) is 5.30. The molecule has 0 aromatic rings. The van der Waals surface area contributed by atoms with Crippen molar-refractivity contribution in [2.45, 2.75) is 45.6 Å². The lowest BCUT2D eigenvalue weighted by Crippen LogP contribution is -2.31. The van der Waals surface area contributed by atoms with Crippen molar-refractivity contribution in [3.05, 3.63) is 12.2 Å². The summed E-state index contributed by atoms with van der Waals surface area (Å²) >= 11 is 0. The Balaban J connectivity index is 2.35. The van der Waals surface area contributed by atoms with Crippen molar-refractivity contribution in [3.8, 4) is 0 Å². The van der Waals surface area contributed by atoms with E-state index in [1.807, 2.05) is 0 Å². The van der Waals surface area contributed by atoms with Crippen molar-refractivity contribution in [1.29, 1.82) is 0 Å². The lowest BCUT2D eigenvalue weighted by Gasteiger charge is -2.23. The topological polar surface area (TPSA) is 20.3 Å². The van der Waals surface area contributed by atoms with E-state index in [4.69, 9.17) is 0 Å². The molecule has 80 valence electrons. The van der Waals surface area contributed by atoms with Crippen molar-refractivity contribution in [3.63, 3.8) is 0 Å². The van der Waals surface area contributed by atoms with Crippen molar-refractivity contribution in [1.82, 2.24) is 4.90 Å². The van der Waals surface area contributed by atoms with Crippen molar-refractivity contribution in [2.75, 3.05) is 13.1 Å². The third-order valence-corrected chi connectivity index (χ3v) is 2.85. The first kappa shape index (κ1) is 11.4. The van der Waals surface area contributed by atoms with Gasteiger partial charge in [-0.3, -0.25) is 9.69 Å². The molecule has 14 heavy (non-hydrogen) atoms. The molecule has 0 radical (unpaired) electrons. The highest BCUT2D eigenvalue weighted by Crippen LogP contribution is 2.20. The molecule has 1 rings (SSSR count). The van der Waals surface area contributed by atoms with Gasteiger partial charge < -0.3 is 0 Å². The normalized spacial score (nSPS) is 22.6. The van der Waals surface area contributed by atoms with Gasteiger partial charge in [0.1, 0.15) is 5.78 Å². The average molecular weight is 195 g/mol. The van der Waals surface area contributed by atoms with Gasteiger partial charge in [0.15, 0.2) is 0 Å². The fourth-order valence-electron chi connectivity index (χ4n) is 2.09. The number of hydrogen-bond acceptors (Lipinski definition) is 2. The molecule has 2 heteroatoms. The summed E-state index contributed by atoms with van der Waals surface area (Å²) in [6.45, 7) is 9.90. The van der Waals surface area contributed by atoms with Crippen LogP contribution in [-0.2, 0) is 4.79 Å². The van der Waals surface area contributed by atoms with Crippen molar-refractivity contribution < 1.29 is 4.79 Å². The number of rotatable bonds is 5. The molecule has 1 aliphatic heterocycles. The van der Waals surface area contributed by atoms with Crippen LogP contribution in [0.1, 0.15) is 39.5 Å². The van der Waals surface area contributed by atoms with Crippen LogP contribution in [0.2, 0.25) is 0 Å². The first-order chi connectivity index (χ1) is 6.59. The Bertz CT molecular complexity index is 222. The van der Waals surface area contributed by atoms with E-state index in [9.17, 15) is 4.79 Å². The predicted molar refractivity (Wildman–Crippen MR) is 59.3 cm³/mol. The Hall–Kier alpha value is -0.630. The van der Waals surface area contributed by atoms with Gasteiger partial charge in [0.05, 0.1) is 0 Å². The van der Waals surface area contributed by atoms with Gasteiger partial charge in [-0.25, -0.2) is 0 Å². The summed E-state index contributed by atoms with van der Waals surface area (Å²) in [5.41, 5.74) is 1.23. The van der Waals surface area contributed by atoms with Gasteiger partial charge in [0.2, 0.25) is 0 Å². The number of nitrogens with zero attached hydrogens (tertiary/aromatic N) is 1. The van der Waals surface area contributed by atoms with Crippen LogP contribution in [0, 0.1) is 0 Å². The Labute approximate surface area is 87.0 Å². The van der Waals surface area contributed by atoms with Crippen LogP contribution in [0.25, 0.3) is 0 Å². The molecule has 2 nitrogen and oxygen atoms in total. The molecule has 0 spiro atoms. The van der Waals surface area contributed by atoms with Crippen LogP contribution < -0.4 is 0 Å². The van der Waals surface area contributed by atoms with Crippen molar-refractivity contribution in [2.24, 2.45) is 0 Å². The maximum absolute atomic E-state index is 11.0. The van der Waals surface area contributed by atoms with E-state index in [1.165, 1.54) is 18.4 Å². The number of likely N-dealkylation sites (tertiary alicyclic amines) is 1. The molecule has 0 aromatic heterocycles. The molecule has 1 atom stereocenters. The highest BCUT2D eigenvalue weighted by atomic mass is 16.1. The van der Waals surface area contributed by atoms with E-state index >= 15 is 0 Å². The van der Waals surface area contributed by atoms with E-state index in [1.54, 1.807) is 6.92 Å². The molecule has 1 unspecified atom stereocenters. The minimum atomic E-state index is 0.317. The minimum absolute atomic E-state index is 0.317. The zero-order valence-electron chi connectivity index (χ0n) is 9.38. The number of carbonyl (C=O) groups excluding carboxylic acids is 1. The summed E-state index contributed by atoms with van der Waals surface area (Å²) in [5.74, 6) is 0.317. The van der Waals surface area contributed by atoms with Crippen LogP contribution in [-0.4, -0.2) is 29.8 Å². The second-order valence-electron chi connectivity index (χ2n) is 4.45. The fourth-order valence-corrected chi connectivity index (χ4v) is 2.09. The number of ketones is 1. The molecule has 1 fully saturated rings. The van der Waals surface area contributed by atoms with E-state index in [0.29, 0.717) is 11.8 Å². The zero-order chi connectivity index (χ0) is 10.6. The third kappa shape index (κ3) is 3.62. The molecule has 0 bridgehead atoms. The molecular weight excluding hydrogens is 174 g/mol. The van der Waals surface area contributed by atoms with Gasteiger partial charge in [-0.1, -0.05) is 5.57 Å². The lowest BCUT2D eigenvalue weighted by atomic mass is 10.1. The lowest BCUT2D eigenvalue weighted by molar-refractivity contribution is -0.118. The number of hydrogen-bond donors (Lipinski definition) is 0. The number of carbonyl (C=O) groups is 1. The standard InChI is InChI=1S/C12H21NO/c1-10(2)6-8-13-7-4-5-12(13)9-11(3)14/h12H,1,4-9H2,2-3H3. The summed E-state index contributed by atoms with van der Waals surface area (Å²) in [5, 5.41) is 0.